The van der Waals surface area contributed by atoms with E-state index in [2.05, 4.69) is 38.2 Å². The maximum Gasteiger partial charge on any atom is -0.0351 e. The summed E-state index contributed by atoms with van der Waals surface area (Å²) in [5, 5.41) is 0. The Kier molecular flexibility index (Phi) is 34.0. The first-order valence-electron chi connectivity index (χ1n) is 17.2. The molecule has 0 spiro atoms. The monoisotopic (exact) mass is 503 g/mol. The van der Waals surface area contributed by atoms with Gasteiger partial charge in [-0.2, -0.15) is 0 Å². The summed E-state index contributed by atoms with van der Waals surface area (Å²) in [4.78, 5) is 0. The lowest BCUT2D eigenvalue weighted by atomic mass is 10.0. The quantitative estimate of drug-likeness (QED) is 0.0653. The van der Waals surface area contributed by atoms with E-state index in [1.807, 2.05) is 0 Å². The van der Waals surface area contributed by atoms with Gasteiger partial charge in [-0.1, -0.05) is 179 Å². The fourth-order valence-electron chi connectivity index (χ4n) is 5.20. The van der Waals surface area contributed by atoms with Crippen molar-refractivity contribution in [2.45, 2.75) is 206 Å². The molecule has 0 rings (SSSR count). The Balaban J connectivity index is 3.09. The average Bonchev–Trinajstić information content (AvgIpc) is 2.89. The van der Waals surface area contributed by atoms with Crippen LogP contribution in [0, 0.1) is 0 Å². The van der Waals surface area contributed by atoms with Gasteiger partial charge >= 0.3 is 0 Å². The third kappa shape index (κ3) is 33.5. The SMILES string of the molecule is CCCCCCCCC=CCCCCCCCCCCCCCCCCC=CCCCCCCCC. The zero-order chi connectivity index (χ0) is 26.0. The van der Waals surface area contributed by atoms with Crippen LogP contribution in [-0.2, 0) is 0 Å². The molecular formula is C36H70. The Morgan fingerprint density at radius 2 is 0.389 bits per heavy atom. The first-order valence-corrected chi connectivity index (χ1v) is 17.2. The Bertz CT molecular complexity index is 378. The van der Waals surface area contributed by atoms with Gasteiger partial charge in [0.2, 0.25) is 0 Å². The van der Waals surface area contributed by atoms with Crippen molar-refractivity contribution in [2.75, 3.05) is 0 Å². The summed E-state index contributed by atoms with van der Waals surface area (Å²) in [5.74, 6) is 0. The minimum atomic E-state index is 1.31. The van der Waals surface area contributed by atoms with Crippen molar-refractivity contribution in [1.29, 1.82) is 0 Å². The van der Waals surface area contributed by atoms with Crippen LogP contribution in [0.2, 0.25) is 0 Å². The third-order valence-corrected chi connectivity index (χ3v) is 7.77. The van der Waals surface area contributed by atoms with Crippen molar-refractivity contribution >= 4 is 0 Å². The van der Waals surface area contributed by atoms with E-state index >= 15 is 0 Å². The minimum Gasteiger partial charge on any atom is -0.0885 e. The van der Waals surface area contributed by atoms with Crippen molar-refractivity contribution in [3.8, 4) is 0 Å². The Hall–Kier alpha value is -0.520. The highest BCUT2D eigenvalue weighted by Gasteiger charge is 1.95. The predicted octanol–water partition coefficient (Wildman–Crippen LogP) is 13.8. The molecule has 0 fully saturated rings. The molecule has 0 aliphatic carbocycles. The molecule has 0 N–H and O–H groups in total. The molecule has 0 aliphatic rings. The van der Waals surface area contributed by atoms with Gasteiger partial charge in [-0.05, 0) is 51.4 Å². The molecule has 0 amide bonds. The number of hydrogen-bond acceptors (Lipinski definition) is 0. The summed E-state index contributed by atoms with van der Waals surface area (Å²) in [6.45, 7) is 4.59. The summed E-state index contributed by atoms with van der Waals surface area (Å²) in [6, 6.07) is 0. The lowest BCUT2D eigenvalue weighted by Crippen LogP contribution is -1.83. The molecule has 36 heavy (non-hydrogen) atoms. The molecule has 0 unspecified atom stereocenters. The van der Waals surface area contributed by atoms with E-state index in [0.29, 0.717) is 0 Å². The van der Waals surface area contributed by atoms with Gasteiger partial charge in [0.05, 0.1) is 0 Å². The first kappa shape index (κ1) is 35.5. The predicted molar refractivity (Wildman–Crippen MR) is 168 cm³/mol. The number of allylic oxidation sites excluding steroid dienone is 4. The summed E-state index contributed by atoms with van der Waals surface area (Å²) in [5.41, 5.74) is 0. The van der Waals surface area contributed by atoms with Crippen LogP contribution < -0.4 is 0 Å². The maximum absolute atomic E-state index is 2.45. The molecule has 0 atom stereocenters. The molecule has 0 saturated carbocycles. The van der Waals surface area contributed by atoms with E-state index in [4.69, 9.17) is 0 Å². The van der Waals surface area contributed by atoms with Crippen LogP contribution in [0.5, 0.6) is 0 Å². The maximum atomic E-state index is 2.45. The zero-order valence-electron chi connectivity index (χ0n) is 25.5. The third-order valence-electron chi connectivity index (χ3n) is 7.77. The van der Waals surface area contributed by atoms with E-state index < -0.39 is 0 Å². The van der Waals surface area contributed by atoms with E-state index in [-0.39, 0.29) is 0 Å². The second kappa shape index (κ2) is 34.5. The van der Waals surface area contributed by atoms with Crippen LogP contribution in [0.3, 0.4) is 0 Å². The molecule has 0 saturated heterocycles. The smallest absolute Gasteiger partial charge is 0.0351 e. The van der Waals surface area contributed by atoms with Gasteiger partial charge in [0.15, 0.2) is 0 Å². The molecule has 0 radical (unpaired) electrons. The van der Waals surface area contributed by atoms with Gasteiger partial charge in [-0.3, -0.25) is 0 Å². The summed E-state index contributed by atoms with van der Waals surface area (Å²) in [7, 11) is 0. The second-order valence-electron chi connectivity index (χ2n) is 11.6. The van der Waals surface area contributed by atoms with Gasteiger partial charge in [-0.15, -0.1) is 0 Å². The van der Waals surface area contributed by atoms with E-state index in [1.54, 1.807) is 0 Å². The van der Waals surface area contributed by atoms with Crippen LogP contribution in [0.4, 0.5) is 0 Å². The highest BCUT2D eigenvalue weighted by Crippen LogP contribution is 2.14. The fourth-order valence-corrected chi connectivity index (χ4v) is 5.20. The van der Waals surface area contributed by atoms with Crippen molar-refractivity contribution in [1.82, 2.24) is 0 Å². The molecule has 0 heteroatoms. The lowest BCUT2D eigenvalue weighted by molar-refractivity contribution is 0.534. The van der Waals surface area contributed by atoms with Crippen molar-refractivity contribution in [3.05, 3.63) is 24.3 Å². The summed E-state index contributed by atoms with van der Waals surface area (Å²) in [6.07, 6.45) is 52.4. The van der Waals surface area contributed by atoms with Gasteiger partial charge < -0.3 is 0 Å². The fraction of sp³-hybridized carbons (Fsp3) is 0.889. The highest BCUT2D eigenvalue weighted by molar-refractivity contribution is 4.82. The molecular weight excluding hydrogens is 432 g/mol. The summed E-state index contributed by atoms with van der Waals surface area (Å²) < 4.78 is 0. The lowest BCUT2D eigenvalue weighted by Gasteiger charge is -2.03. The van der Waals surface area contributed by atoms with Crippen molar-refractivity contribution < 1.29 is 0 Å². The normalized spacial score (nSPS) is 11.9. The summed E-state index contributed by atoms with van der Waals surface area (Å²) >= 11 is 0. The topological polar surface area (TPSA) is 0 Å². The molecule has 0 nitrogen and oxygen atoms in total. The molecule has 0 aromatic rings. The molecule has 0 bridgehead atoms. The van der Waals surface area contributed by atoms with Crippen LogP contribution in [0.1, 0.15) is 206 Å². The van der Waals surface area contributed by atoms with Gasteiger partial charge in [0.1, 0.15) is 0 Å². The zero-order valence-corrected chi connectivity index (χ0v) is 25.5. The molecule has 0 aromatic heterocycles. The van der Waals surface area contributed by atoms with Crippen LogP contribution in [-0.4, -0.2) is 0 Å². The van der Waals surface area contributed by atoms with Gasteiger partial charge in [-0.25, -0.2) is 0 Å². The first-order chi connectivity index (χ1) is 17.9. The molecule has 0 aliphatic heterocycles. The largest absolute Gasteiger partial charge is 0.0885 e. The number of rotatable bonds is 31. The molecule has 214 valence electrons. The van der Waals surface area contributed by atoms with E-state index in [1.165, 1.54) is 193 Å². The average molecular weight is 503 g/mol. The highest BCUT2D eigenvalue weighted by atomic mass is 14.0. The standard InChI is InChI=1S/C36H70/c1-3-5-7-9-11-13-15-17-19-21-23-25-27-29-31-33-35-36-34-32-30-28-26-24-22-20-18-16-14-12-10-8-6-4-2/h17-20H,3-16,21-36H2,1-2H3. The van der Waals surface area contributed by atoms with Crippen LogP contribution >= 0.6 is 0 Å². The van der Waals surface area contributed by atoms with Crippen molar-refractivity contribution in [3.63, 3.8) is 0 Å². The Morgan fingerprint density at radius 3 is 0.583 bits per heavy atom. The number of unbranched alkanes of at least 4 members (excludes halogenated alkanes) is 27. The van der Waals surface area contributed by atoms with Crippen LogP contribution in [0.15, 0.2) is 24.3 Å². The Labute approximate surface area is 230 Å². The van der Waals surface area contributed by atoms with Crippen LogP contribution in [0.25, 0.3) is 0 Å². The molecule has 0 heterocycles. The van der Waals surface area contributed by atoms with E-state index in [9.17, 15) is 0 Å². The van der Waals surface area contributed by atoms with Crippen molar-refractivity contribution in [2.24, 2.45) is 0 Å². The number of hydrogen-bond donors (Lipinski definition) is 0. The second-order valence-corrected chi connectivity index (χ2v) is 11.6. The van der Waals surface area contributed by atoms with E-state index in [0.717, 1.165) is 0 Å². The molecule has 0 aromatic carbocycles. The van der Waals surface area contributed by atoms with Gasteiger partial charge in [0.25, 0.3) is 0 Å². The Morgan fingerprint density at radius 1 is 0.222 bits per heavy atom. The minimum absolute atomic E-state index is 1.31. The van der Waals surface area contributed by atoms with Gasteiger partial charge in [0, 0.05) is 0 Å².